The van der Waals surface area contributed by atoms with Crippen molar-refractivity contribution in [2.24, 2.45) is 5.73 Å². The van der Waals surface area contributed by atoms with E-state index in [1.807, 2.05) is 18.2 Å². The fraction of sp³-hybridized carbons (Fsp3) is 0.143. The van der Waals surface area contributed by atoms with E-state index in [1.165, 1.54) is 0 Å². The van der Waals surface area contributed by atoms with E-state index < -0.39 is 0 Å². The Morgan fingerprint density at radius 1 is 0.895 bits per heavy atom. The monoisotopic (exact) mass is 333 g/mol. The van der Waals surface area contributed by atoms with E-state index in [1.54, 1.807) is 12.1 Å². The molecule has 0 bridgehead atoms. The van der Waals surface area contributed by atoms with Crippen LogP contribution in [0.25, 0.3) is 11.1 Å². The molecule has 100 valence electrons. The second-order valence-electron chi connectivity index (χ2n) is 4.05. The third-order valence-corrected chi connectivity index (χ3v) is 3.96. The minimum Gasteiger partial charge on any atom is -0.330 e. The molecule has 0 fully saturated rings. The van der Waals surface area contributed by atoms with E-state index in [4.69, 9.17) is 52.1 Å². The number of hydrogen-bond acceptors (Lipinski definition) is 1. The smallest absolute Gasteiger partial charge is 0.0514 e. The molecule has 0 atom stereocenters. The van der Waals surface area contributed by atoms with Crippen molar-refractivity contribution in [3.8, 4) is 11.1 Å². The fourth-order valence-electron chi connectivity index (χ4n) is 1.99. The SMILES string of the molecule is NCCc1c(Cl)cccc1-c1c(Cl)cc(Cl)cc1Cl. The lowest BCUT2D eigenvalue weighted by atomic mass is 9.97. The third kappa shape index (κ3) is 3.18. The Morgan fingerprint density at radius 2 is 1.53 bits per heavy atom. The highest BCUT2D eigenvalue weighted by Crippen LogP contribution is 2.40. The van der Waals surface area contributed by atoms with Gasteiger partial charge in [-0.15, -0.1) is 0 Å². The summed E-state index contributed by atoms with van der Waals surface area (Å²) in [6, 6.07) is 8.94. The Labute approximate surface area is 132 Å². The number of rotatable bonds is 3. The van der Waals surface area contributed by atoms with Gasteiger partial charge in [-0.1, -0.05) is 58.5 Å². The number of benzene rings is 2. The minimum absolute atomic E-state index is 0.498. The Morgan fingerprint density at radius 3 is 2.11 bits per heavy atom. The van der Waals surface area contributed by atoms with Crippen molar-refractivity contribution < 1.29 is 0 Å². The van der Waals surface area contributed by atoms with Crippen molar-refractivity contribution in [2.45, 2.75) is 6.42 Å². The summed E-state index contributed by atoms with van der Waals surface area (Å²) in [5.74, 6) is 0. The second-order valence-corrected chi connectivity index (χ2v) is 5.71. The van der Waals surface area contributed by atoms with E-state index >= 15 is 0 Å². The first-order valence-corrected chi connectivity index (χ1v) is 7.18. The average Bonchev–Trinajstić information content (AvgIpc) is 2.32. The van der Waals surface area contributed by atoms with Crippen molar-refractivity contribution >= 4 is 46.4 Å². The largest absolute Gasteiger partial charge is 0.330 e. The first-order valence-electron chi connectivity index (χ1n) is 5.67. The van der Waals surface area contributed by atoms with Crippen LogP contribution in [0.5, 0.6) is 0 Å². The van der Waals surface area contributed by atoms with Gasteiger partial charge in [0.1, 0.15) is 0 Å². The van der Waals surface area contributed by atoms with Gasteiger partial charge in [-0.3, -0.25) is 0 Å². The summed E-state index contributed by atoms with van der Waals surface area (Å²) in [5, 5.41) is 2.15. The lowest BCUT2D eigenvalue weighted by Gasteiger charge is -2.14. The zero-order valence-electron chi connectivity index (χ0n) is 9.89. The summed E-state index contributed by atoms with van der Waals surface area (Å²) < 4.78 is 0. The van der Waals surface area contributed by atoms with Gasteiger partial charge in [-0.2, -0.15) is 0 Å². The van der Waals surface area contributed by atoms with E-state index in [0.29, 0.717) is 33.1 Å². The van der Waals surface area contributed by atoms with Crippen molar-refractivity contribution in [2.75, 3.05) is 6.54 Å². The van der Waals surface area contributed by atoms with Crippen LogP contribution in [-0.2, 0) is 6.42 Å². The summed E-state index contributed by atoms with van der Waals surface area (Å²) >= 11 is 24.7. The summed E-state index contributed by atoms with van der Waals surface area (Å²) in [6.07, 6.45) is 0.657. The maximum atomic E-state index is 6.25. The number of halogens is 4. The summed E-state index contributed by atoms with van der Waals surface area (Å²) in [4.78, 5) is 0. The van der Waals surface area contributed by atoms with Gasteiger partial charge in [0.15, 0.2) is 0 Å². The quantitative estimate of drug-likeness (QED) is 0.791. The van der Waals surface area contributed by atoms with Gasteiger partial charge in [0, 0.05) is 15.6 Å². The van der Waals surface area contributed by atoms with Crippen molar-refractivity contribution in [3.05, 3.63) is 56.0 Å². The molecule has 0 spiro atoms. The normalized spacial score (nSPS) is 10.8. The highest BCUT2D eigenvalue weighted by atomic mass is 35.5. The van der Waals surface area contributed by atoms with E-state index in [-0.39, 0.29) is 0 Å². The van der Waals surface area contributed by atoms with Gasteiger partial charge in [0.25, 0.3) is 0 Å². The number of nitrogens with two attached hydrogens (primary N) is 1. The Hall–Kier alpha value is -0.440. The van der Waals surface area contributed by atoms with E-state index in [9.17, 15) is 0 Å². The molecule has 2 aromatic rings. The van der Waals surface area contributed by atoms with Gasteiger partial charge in [0.2, 0.25) is 0 Å². The molecule has 0 heterocycles. The highest BCUT2D eigenvalue weighted by Gasteiger charge is 2.15. The summed E-state index contributed by atoms with van der Waals surface area (Å²) in [6.45, 7) is 0.500. The predicted molar refractivity (Wildman–Crippen MR) is 84.7 cm³/mol. The standard InChI is InChI=1S/C14H11Cl4N/c15-8-6-12(17)14(13(18)7-8)10-2-1-3-11(16)9(10)4-5-19/h1-3,6-7H,4-5,19H2. The molecule has 0 saturated heterocycles. The molecule has 0 aliphatic heterocycles. The van der Waals surface area contributed by atoms with Gasteiger partial charge < -0.3 is 5.73 Å². The molecule has 0 amide bonds. The zero-order valence-corrected chi connectivity index (χ0v) is 12.9. The van der Waals surface area contributed by atoms with Gasteiger partial charge in [-0.25, -0.2) is 0 Å². The van der Waals surface area contributed by atoms with Crippen molar-refractivity contribution in [1.82, 2.24) is 0 Å². The van der Waals surface area contributed by atoms with Crippen molar-refractivity contribution in [1.29, 1.82) is 0 Å². The van der Waals surface area contributed by atoms with Crippen molar-refractivity contribution in [3.63, 3.8) is 0 Å². The van der Waals surface area contributed by atoms with Crippen LogP contribution in [0.3, 0.4) is 0 Å². The molecule has 19 heavy (non-hydrogen) atoms. The van der Waals surface area contributed by atoms with Crippen LogP contribution in [-0.4, -0.2) is 6.54 Å². The molecule has 0 unspecified atom stereocenters. The Balaban J connectivity index is 2.69. The molecule has 0 saturated carbocycles. The molecule has 2 rings (SSSR count). The van der Waals surface area contributed by atoms with Crippen LogP contribution in [0.4, 0.5) is 0 Å². The predicted octanol–water partition coefficient (Wildman–Crippen LogP) is 5.47. The zero-order chi connectivity index (χ0) is 14.0. The third-order valence-electron chi connectivity index (χ3n) is 2.79. The van der Waals surface area contributed by atoms with Gasteiger partial charge in [-0.05, 0) is 42.3 Å². The van der Waals surface area contributed by atoms with Gasteiger partial charge in [0.05, 0.1) is 10.0 Å². The average molecular weight is 335 g/mol. The van der Waals surface area contributed by atoms with Crippen LogP contribution in [0.2, 0.25) is 20.1 Å². The van der Waals surface area contributed by atoms with Gasteiger partial charge >= 0.3 is 0 Å². The molecule has 5 heteroatoms. The topological polar surface area (TPSA) is 26.0 Å². The fourth-order valence-corrected chi connectivity index (χ4v) is 3.28. The molecular formula is C14H11Cl4N. The van der Waals surface area contributed by atoms with E-state index in [2.05, 4.69) is 0 Å². The molecular weight excluding hydrogens is 324 g/mol. The molecule has 0 aliphatic rings. The first kappa shape index (κ1) is 15.0. The maximum absolute atomic E-state index is 6.25. The lowest BCUT2D eigenvalue weighted by molar-refractivity contribution is 0.971. The first-order chi connectivity index (χ1) is 9.04. The van der Waals surface area contributed by atoms with Crippen LogP contribution >= 0.6 is 46.4 Å². The molecule has 0 radical (unpaired) electrons. The van der Waals surface area contributed by atoms with E-state index in [0.717, 1.165) is 16.7 Å². The summed E-state index contributed by atoms with van der Waals surface area (Å²) in [5.41, 5.74) is 8.20. The second kappa shape index (κ2) is 6.34. The summed E-state index contributed by atoms with van der Waals surface area (Å²) in [7, 11) is 0. The molecule has 0 aromatic heterocycles. The molecule has 0 aliphatic carbocycles. The lowest BCUT2D eigenvalue weighted by Crippen LogP contribution is -2.05. The minimum atomic E-state index is 0.498. The van der Waals surface area contributed by atoms with Crippen LogP contribution < -0.4 is 5.73 Å². The van der Waals surface area contributed by atoms with Crippen LogP contribution in [0.1, 0.15) is 5.56 Å². The Kier molecular flexibility index (Phi) is 4.99. The number of hydrogen-bond donors (Lipinski definition) is 1. The van der Waals surface area contributed by atoms with Crippen LogP contribution in [0, 0.1) is 0 Å². The Bertz CT molecular complexity index is 587. The molecule has 1 nitrogen and oxygen atoms in total. The molecule has 2 N–H and O–H groups in total. The maximum Gasteiger partial charge on any atom is 0.0514 e. The molecule has 2 aromatic carbocycles. The van der Waals surface area contributed by atoms with Crippen LogP contribution in [0.15, 0.2) is 30.3 Å². The highest BCUT2D eigenvalue weighted by molar-refractivity contribution is 6.42.